The minimum atomic E-state index is -0.560. The van der Waals surface area contributed by atoms with Crippen molar-refractivity contribution in [2.45, 2.75) is 32.4 Å². The van der Waals surface area contributed by atoms with Crippen molar-refractivity contribution in [3.8, 4) is 0 Å². The number of carbonyl (C=O) groups is 1. The predicted molar refractivity (Wildman–Crippen MR) is 99.7 cm³/mol. The molecule has 1 aliphatic heterocycles. The second-order valence-corrected chi connectivity index (χ2v) is 6.68. The first-order valence-corrected chi connectivity index (χ1v) is 8.90. The third-order valence-electron chi connectivity index (χ3n) is 4.61. The van der Waals surface area contributed by atoms with Crippen LogP contribution in [0.3, 0.4) is 0 Å². The van der Waals surface area contributed by atoms with E-state index in [-0.39, 0.29) is 18.4 Å². The van der Waals surface area contributed by atoms with Gasteiger partial charge in [-0.3, -0.25) is 4.90 Å². The standard InChI is InChI=1S/C21H23N3O2/c1-16(13-17-7-3-2-4-8-17)26-21(25)20(23-22)15-24-12-11-18-9-5-6-10-19(18)14-24/h2-10,16H,11-15H2,1H3. The molecular formula is C21H23N3O2. The van der Waals surface area contributed by atoms with Crippen LogP contribution in [0, 0.1) is 0 Å². The minimum Gasteiger partial charge on any atom is -0.454 e. The van der Waals surface area contributed by atoms with E-state index in [2.05, 4.69) is 21.8 Å². The van der Waals surface area contributed by atoms with Crippen LogP contribution in [-0.4, -0.2) is 40.6 Å². The zero-order valence-corrected chi connectivity index (χ0v) is 15.0. The molecule has 5 nitrogen and oxygen atoms in total. The average Bonchev–Trinajstić information content (AvgIpc) is 2.66. The molecule has 2 aromatic rings. The summed E-state index contributed by atoms with van der Waals surface area (Å²) in [6.07, 6.45) is 1.26. The lowest BCUT2D eigenvalue weighted by atomic mass is 10.00. The van der Waals surface area contributed by atoms with Crippen LogP contribution in [0.25, 0.3) is 5.53 Å². The third kappa shape index (κ3) is 4.66. The molecular weight excluding hydrogens is 326 g/mol. The summed E-state index contributed by atoms with van der Waals surface area (Å²) in [6, 6.07) is 18.1. The molecule has 0 saturated carbocycles. The Morgan fingerprint density at radius 2 is 1.85 bits per heavy atom. The van der Waals surface area contributed by atoms with Gasteiger partial charge in [-0.1, -0.05) is 54.6 Å². The molecule has 0 spiro atoms. The summed E-state index contributed by atoms with van der Waals surface area (Å²) < 4.78 is 5.46. The maximum atomic E-state index is 12.4. The smallest absolute Gasteiger partial charge is 0.418 e. The van der Waals surface area contributed by atoms with Gasteiger partial charge >= 0.3 is 11.7 Å². The van der Waals surface area contributed by atoms with E-state index in [0.29, 0.717) is 6.42 Å². The average molecular weight is 349 g/mol. The van der Waals surface area contributed by atoms with Crippen LogP contribution >= 0.6 is 0 Å². The van der Waals surface area contributed by atoms with E-state index < -0.39 is 5.97 Å². The fourth-order valence-corrected chi connectivity index (χ4v) is 3.28. The van der Waals surface area contributed by atoms with Gasteiger partial charge in [0.05, 0.1) is 0 Å². The number of fused-ring (bicyclic) bond motifs is 1. The Morgan fingerprint density at radius 3 is 2.58 bits per heavy atom. The number of nitrogens with zero attached hydrogens (tertiary/aromatic N) is 3. The van der Waals surface area contributed by atoms with E-state index in [1.807, 2.05) is 49.4 Å². The van der Waals surface area contributed by atoms with E-state index >= 15 is 0 Å². The van der Waals surface area contributed by atoms with Crippen LogP contribution in [0.2, 0.25) is 0 Å². The quantitative estimate of drug-likeness (QED) is 0.349. The molecule has 0 aromatic heterocycles. The molecule has 0 N–H and O–H groups in total. The number of hydrogen-bond acceptors (Lipinski definition) is 3. The van der Waals surface area contributed by atoms with Crippen LogP contribution in [0.15, 0.2) is 54.6 Å². The Balaban J connectivity index is 1.55. The lowest BCUT2D eigenvalue weighted by molar-refractivity contribution is -0.145. The van der Waals surface area contributed by atoms with E-state index in [1.54, 1.807) is 0 Å². The number of benzene rings is 2. The highest BCUT2D eigenvalue weighted by Crippen LogP contribution is 2.18. The van der Waals surface area contributed by atoms with Gasteiger partial charge in [0.15, 0.2) is 0 Å². The first kappa shape index (κ1) is 18.1. The molecule has 5 heteroatoms. The molecule has 0 saturated heterocycles. The fourth-order valence-electron chi connectivity index (χ4n) is 3.28. The van der Waals surface area contributed by atoms with Crippen molar-refractivity contribution in [1.82, 2.24) is 4.90 Å². The SMILES string of the molecule is CC(Cc1ccccc1)OC(=O)C(CN1CCc2ccccc2C1)=[N+]=[N-]. The van der Waals surface area contributed by atoms with E-state index in [0.717, 1.165) is 25.1 Å². The number of esters is 1. The van der Waals surface area contributed by atoms with Gasteiger partial charge in [0.2, 0.25) is 0 Å². The second kappa shape index (κ2) is 8.56. The molecule has 26 heavy (non-hydrogen) atoms. The van der Waals surface area contributed by atoms with Crippen LogP contribution in [0.1, 0.15) is 23.6 Å². The monoisotopic (exact) mass is 349 g/mol. The zero-order valence-electron chi connectivity index (χ0n) is 15.0. The number of ether oxygens (including phenoxy) is 1. The Hall–Kier alpha value is -2.75. The fraction of sp³-hybridized carbons (Fsp3) is 0.333. The topological polar surface area (TPSA) is 65.9 Å². The van der Waals surface area contributed by atoms with Crippen molar-refractivity contribution in [3.05, 3.63) is 76.8 Å². The van der Waals surface area contributed by atoms with E-state index in [1.165, 1.54) is 11.1 Å². The number of rotatable bonds is 6. The zero-order chi connectivity index (χ0) is 18.4. The third-order valence-corrected chi connectivity index (χ3v) is 4.61. The molecule has 0 aliphatic carbocycles. The van der Waals surface area contributed by atoms with Crippen molar-refractivity contribution in [2.75, 3.05) is 13.1 Å². The summed E-state index contributed by atoms with van der Waals surface area (Å²) in [5.74, 6) is -0.560. The van der Waals surface area contributed by atoms with Crippen LogP contribution < -0.4 is 0 Å². The molecule has 0 fully saturated rings. The summed E-state index contributed by atoms with van der Waals surface area (Å²) in [4.78, 5) is 17.7. The van der Waals surface area contributed by atoms with Crippen molar-refractivity contribution >= 4 is 11.7 Å². The molecule has 134 valence electrons. The van der Waals surface area contributed by atoms with Crippen LogP contribution in [0.5, 0.6) is 0 Å². The normalized spacial score (nSPS) is 14.8. The molecule has 1 unspecified atom stereocenters. The summed E-state index contributed by atoms with van der Waals surface area (Å²) in [5, 5.41) is 0. The van der Waals surface area contributed by atoms with Gasteiger partial charge in [-0.25, -0.2) is 4.79 Å². The Morgan fingerprint density at radius 1 is 1.15 bits per heavy atom. The molecule has 3 rings (SSSR count). The molecule has 1 aliphatic rings. The number of carbonyl (C=O) groups excluding carboxylic acids is 1. The highest BCUT2D eigenvalue weighted by Gasteiger charge is 2.28. The summed E-state index contributed by atoms with van der Waals surface area (Å²) >= 11 is 0. The Kier molecular flexibility index (Phi) is 5.95. The minimum absolute atomic E-state index is 0.0456. The largest absolute Gasteiger partial charge is 0.454 e. The molecule has 0 amide bonds. The number of hydrogen-bond donors (Lipinski definition) is 0. The van der Waals surface area contributed by atoms with Crippen molar-refractivity contribution in [3.63, 3.8) is 0 Å². The van der Waals surface area contributed by atoms with Gasteiger partial charge in [-0.15, -0.1) is 0 Å². The maximum absolute atomic E-state index is 12.4. The van der Waals surface area contributed by atoms with Gasteiger partial charge in [-0.05, 0) is 30.0 Å². The Bertz CT molecular complexity index is 813. The van der Waals surface area contributed by atoms with Gasteiger partial charge in [0.25, 0.3) is 0 Å². The molecule has 1 heterocycles. The van der Waals surface area contributed by atoms with Gasteiger partial charge < -0.3 is 10.3 Å². The highest BCUT2D eigenvalue weighted by atomic mass is 16.5. The van der Waals surface area contributed by atoms with Crippen molar-refractivity contribution in [2.24, 2.45) is 0 Å². The summed E-state index contributed by atoms with van der Waals surface area (Å²) in [6.45, 7) is 3.68. The first-order chi connectivity index (χ1) is 12.7. The lowest BCUT2D eigenvalue weighted by Crippen LogP contribution is -2.39. The van der Waals surface area contributed by atoms with Crippen LogP contribution in [0.4, 0.5) is 0 Å². The van der Waals surface area contributed by atoms with Crippen molar-refractivity contribution < 1.29 is 14.3 Å². The summed E-state index contributed by atoms with van der Waals surface area (Å²) in [5.41, 5.74) is 13.0. The van der Waals surface area contributed by atoms with E-state index in [9.17, 15) is 10.3 Å². The Labute approximate surface area is 153 Å². The molecule has 0 radical (unpaired) electrons. The van der Waals surface area contributed by atoms with Crippen LogP contribution in [-0.2, 0) is 28.9 Å². The van der Waals surface area contributed by atoms with Crippen molar-refractivity contribution in [1.29, 1.82) is 0 Å². The maximum Gasteiger partial charge on any atom is 0.418 e. The van der Waals surface area contributed by atoms with E-state index in [4.69, 9.17) is 4.74 Å². The molecule has 0 bridgehead atoms. The molecule has 2 aromatic carbocycles. The molecule has 1 atom stereocenters. The van der Waals surface area contributed by atoms with Gasteiger partial charge in [0.1, 0.15) is 12.6 Å². The van der Waals surface area contributed by atoms with Gasteiger partial charge in [0, 0.05) is 19.5 Å². The highest BCUT2D eigenvalue weighted by molar-refractivity contribution is 6.34. The first-order valence-electron chi connectivity index (χ1n) is 8.90. The predicted octanol–water partition coefficient (Wildman–Crippen LogP) is 2.89. The summed E-state index contributed by atoms with van der Waals surface area (Å²) in [7, 11) is 0. The lowest BCUT2D eigenvalue weighted by Gasteiger charge is -2.27. The van der Waals surface area contributed by atoms with Gasteiger partial charge in [-0.2, -0.15) is 4.79 Å². The second-order valence-electron chi connectivity index (χ2n) is 6.68.